The van der Waals surface area contributed by atoms with Crippen molar-refractivity contribution in [3.05, 3.63) is 0 Å². The molecular formula is C14H28N4. The van der Waals surface area contributed by atoms with Gasteiger partial charge in [-0.25, -0.2) is 0 Å². The maximum Gasteiger partial charge on any atom is 0.0638 e. The largest absolute Gasteiger partial charge is 0.313 e. The molecule has 1 rings (SSSR count). The van der Waals surface area contributed by atoms with Gasteiger partial charge in [-0.1, -0.05) is 13.8 Å². The van der Waals surface area contributed by atoms with Gasteiger partial charge in [0.2, 0.25) is 0 Å². The molecule has 1 aliphatic rings. The second-order valence-corrected chi connectivity index (χ2v) is 5.76. The van der Waals surface area contributed by atoms with Crippen LogP contribution in [0.15, 0.2) is 0 Å². The van der Waals surface area contributed by atoms with Crippen LogP contribution in [0.3, 0.4) is 0 Å². The third-order valence-electron chi connectivity index (χ3n) is 3.58. The van der Waals surface area contributed by atoms with Gasteiger partial charge in [0.05, 0.1) is 12.5 Å². The molecule has 1 heterocycles. The number of hydrogen-bond donors (Lipinski definition) is 1. The van der Waals surface area contributed by atoms with Crippen LogP contribution in [0.2, 0.25) is 0 Å². The molecule has 0 bridgehead atoms. The summed E-state index contributed by atoms with van der Waals surface area (Å²) in [6.07, 6.45) is 0.645. The molecular weight excluding hydrogens is 224 g/mol. The third-order valence-corrected chi connectivity index (χ3v) is 3.58. The van der Waals surface area contributed by atoms with Crippen molar-refractivity contribution in [3.8, 4) is 6.07 Å². The summed E-state index contributed by atoms with van der Waals surface area (Å²) in [5, 5.41) is 12.4. The Balaban J connectivity index is 2.40. The molecule has 0 aromatic rings. The highest BCUT2D eigenvalue weighted by molar-refractivity contribution is 4.90. The summed E-state index contributed by atoms with van der Waals surface area (Å²) in [4.78, 5) is 4.95. The molecule has 1 fully saturated rings. The molecule has 1 saturated heterocycles. The summed E-state index contributed by atoms with van der Waals surface area (Å²) in [5.41, 5.74) is 0. The van der Waals surface area contributed by atoms with E-state index in [2.05, 4.69) is 48.9 Å². The first kappa shape index (κ1) is 15.4. The summed E-state index contributed by atoms with van der Waals surface area (Å²) in [6.45, 7) is 14.2. The number of piperazine rings is 1. The lowest BCUT2D eigenvalue weighted by atomic mass is 10.1. The van der Waals surface area contributed by atoms with Crippen LogP contribution >= 0.6 is 0 Å². The SMILES string of the molecule is CC(C)NCCN1CCN(C(C)C)[C@@H](CC#N)C1. The highest BCUT2D eigenvalue weighted by Gasteiger charge is 2.27. The Morgan fingerprint density at radius 2 is 2.00 bits per heavy atom. The van der Waals surface area contributed by atoms with Gasteiger partial charge in [0.1, 0.15) is 0 Å². The van der Waals surface area contributed by atoms with Gasteiger partial charge in [-0.2, -0.15) is 5.26 Å². The van der Waals surface area contributed by atoms with Crippen molar-refractivity contribution in [1.29, 1.82) is 5.26 Å². The lowest BCUT2D eigenvalue weighted by molar-refractivity contribution is 0.0538. The van der Waals surface area contributed by atoms with Crippen LogP contribution in [0.4, 0.5) is 0 Å². The maximum absolute atomic E-state index is 8.95. The van der Waals surface area contributed by atoms with E-state index in [1.165, 1.54) is 0 Å². The van der Waals surface area contributed by atoms with Gasteiger partial charge in [-0.05, 0) is 13.8 Å². The molecule has 1 aliphatic heterocycles. The third kappa shape index (κ3) is 4.93. The van der Waals surface area contributed by atoms with Crippen LogP contribution in [0.5, 0.6) is 0 Å². The minimum atomic E-state index is 0.405. The summed E-state index contributed by atoms with van der Waals surface area (Å²) >= 11 is 0. The van der Waals surface area contributed by atoms with Crippen molar-refractivity contribution < 1.29 is 0 Å². The van der Waals surface area contributed by atoms with Crippen molar-refractivity contribution in [2.45, 2.75) is 52.2 Å². The van der Waals surface area contributed by atoms with E-state index in [0.29, 0.717) is 24.5 Å². The Morgan fingerprint density at radius 3 is 2.56 bits per heavy atom. The molecule has 0 aliphatic carbocycles. The highest BCUT2D eigenvalue weighted by Crippen LogP contribution is 2.15. The summed E-state index contributed by atoms with van der Waals surface area (Å²) in [7, 11) is 0. The molecule has 1 N–H and O–H groups in total. The number of nitrogens with one attached hydrogen (secondary N) is 1. The fourth-order valence-electron chi connectivity index (χ4n) is 2.62. The van der Waals surface area contributed by atoms with E-state index in [4.69, 9.17) is 5.26 Å². The molecule has 4 heteroatoms. The van der Waals surface area contributed by atoms with Crippen LogP contribution < -0.4 is 5.32 Å². The standard InChI is InChI=1S/C14H28N4/c1-12(2)16-7-8-17-9-10-18(13(3)4)14(11-17)5-6-15/h12-14,16H,5,7-11H2,1-4H3/t14-/m0/s1. The number of nitrogens with zero attached hydrogens (tertiary/aromatic N) is 3. The van der Waals surface area contributed by atoms with Crippen molar-refractivity contribution in [1.82, 2.24) is 15.1 Å². The molecule has 0 amide bonds. The molecule has 1 atom stereocenters. The van der Waals surface area contributed by atoms with E-state index in [0.717, 1.165) is 32.7 Å². The van der Waals surface area contributed by atoms with Gasteiger partial charge in [0.15, 0.2) is 0 Å². The van der Waals surface area contributed by atoms with E-state index >= 15 is 0 Å². The summed E-state index contributed by atoms with van der Waals surface area (Å²) in [5.74, 6) is 0. The topological polar surface area (TPSA) is 42.3 Å². The molecule has 0 radical (unpaired) electrons. The minimum Gasteiger partial charge on any atom is -0.313 e. The molecule has 104 valence electrons. The number of rotatable bonds is 6. The van der Waals surface area contributed by atoms with Gasteiger partial charge in [-0.3, -0.25) is 9.80 Å². The second kappa shape index (κ2) is 7.73. The van der Waals surface area contributed by atoms with Crippen LogP contribution in [0, 0.1) is 11.3 Å². The van der Waals surface area contributed by atoms with Crippen LogP contribution in [0.25, 0.3) is 0 Å². The average Bonchev–Trinajstić information content (AvgIpc) is 2.29. The first-order chi connectivity index (χ1) is 8.54. The minimum absolute atomic E-state index is 0.405. The summed E-state index contributed by atoms with van der Waals surface area (Å²) < 4.78 is 0. The molecule has 0 aromatic carbocycles. The van der Waals surface area contributed by atoms with Crippen molar-refractivity contribution in [2.75, 3.05) is 32.7 Å². The Hall–Kier alpha value is -0.630. The quantitative estimate of drug-likeness (QED) is 0.773. The fourth-order valence-corrected chi connectivity index (χ4v) is 2.62. The molecule has 4 nitrogen and oxygen atoms in total. The van der Waals surface area contributed by atoms with Gasteiger partial charge in [0.25, 0.3) is 0 Å². The highest BCUT2D eigenvalue weighted by atomic mass is 15.3. The Morgan fingerprint density at radius 1 is 1.28 bits per heavy atom. The molecule has 0 saturated carbocycles. The van der Waals surface area contributed by atoms with E-state index in [9.17, 15) is 0 Å². The number of hydrogen-bond acceptors (Lipinski definition) is 4. The van der Waals surface area contributed by atoms with Gasteiger partial charge >= 0.3 is 0 Å². The molecule has 18 heavy (non-hydrogen) atoms. The number of nitriles is 1. The predicted octanol–water partition coefficient (Wildman–Crippen LogP) is 1.29. The Labute approximate surface area is 112 Å². The molecule has 0 spiro atoms. The average molecular weight is 252 g/mol. The normalized spacial score (nSPS) is 22.6. The van der Waals surface area contributed by atoms with E-state index in [1.54, 1.807) is 0 Å². The van der Waals surface area contributed by atoms with E-state index in [1.807, 2.05) is 0 Å². The first-order valence-electron chi connectivity index (χ1n) is 7.13. The Kier molecular flexibility index (Phi) is 6.62. The zero-order valence-electron chi connectivity index (χ0n) is 12.3. The lowest BCUT2D eigenvalue weighted by Crippen LogP contribution is -2.56. The monoisotopic (exact) mass is 252 g/mol. The maximum atomic E-state index is 8.95. The van der Waals surface area contributed by atoms with Crippen LogP contribution in [0.1, 0.15) is 34.1 Å². The summed E-state index contributed by atoms with van der Waals surface area (Å²) in [6, 6.07) is 3.83. The zero-order chi connectivity index (χ0) is 13.5. The van der Waals surface area contributed by atoms with Crippen molar-refractivity contribution in [2.24, 2.45) is 0 Å². The Bertz CT molecular complexity index is 267. The van der Waals surface area contributed by atoms with Crippen LogP contribution in [-0.2, 0) is 0 Å². The van der Waals surface area contributed by atoms with Crippen molar-refractivity contribution in [3.63, 3.8) is 0 Å². The smallest absolute Gasteiger partial charge is 0.0638 e. The van der Waals surface area contributed by atoms with Gasteiger partial charge < -0.3 is 5.32 Å². The van der Waals surface area contributed by atoms with Gasteiger partial charge in [0, 0.05) is 50.8 Å². The fraction of sp³-hybridized carbons (Fsp3) is 0.929. The predicted molar refractivity (Wildman–Crippen MR) is 75.4 cm³/mol. The molecule has 0 aromatic heterocycles. The lowest BCUT2D eigenvalue weighted by Gasteiger charge is -2.42. The van der Waals surface area contributed by atoms with E-state index in [-0.39, 0.29) is 0 Å². The van der Waals surface area contributed by atoms with E-state index < -0.39 is 0 Å². The first-order valence-corrected chi connectivity index (χ1v) is 7.13. The molecule has 0 unspecified atom stereocenters. The van der Waals surface area contributed by atoms with Gasteiger partial charge in [-0.15, -0.1) is 0 Å². The zero-order valence-corrected chi connectivity index (χ0v) is 12.3. The van der Waals surface area contributed by atoms with Crippen molar-refractivity contribution >= 4 is 0 Å². The second-order valence-electron chi connectivity index (χ2n) is 5.76. The van der Waals surface area contributed by atoms with Crippen LogP contribution in [-0.4, -0.2) is 60.6 Å².